The van der Waals surface area contributed by atoms with E-state index in [0.717, 1.165) is 37.3 Å². The van der Waals surface area contributed by atoms with Crippen LogP contribution in [-0.4, -0.2) is 53.7 Å². The van der Waals surface area contributed by atoms with Gasteiger partial charge in [0.25, 0.3) is 0 Å². The summed E-state index contributed by atoms with van der Waals surface area (Å²) in [7, 11) is 4.08. The first kappa shape index (κ1) is 18.3. The molecule has 122 valence electrons. The molecule has 0 atom stereocenters. The van der Waals surface area contributed by atoms with Gasteiger partial charge in [-0.15, -0.1) is 0 Å². The molecule has 0 aliphatic heterocycles. The van der Waals surface area contributed by atoms with Gasteiger partial charge in [-0.25, -0.2) is 0 Å². The van der Waals surface area contributed by atoms with Gasteiger partial charge < -0.3 is 20.0 Å². The number of aliphatic hydroxyl groups is 1. The summed E-state index contributed by atoms with van der Waals surface area (Å²) in [4.78, 5) is 4.35. The molecule has 1 rings (SSSR count). The van der Waals surface area contributed by atoms with E-state index in [1.165, 1.54) is 0 Å². The number of phenolic OH excluding ortho intramolecular Hbond substituents is 1. The number of rotatable bonds is 8. The average molecular weight is 304 g/mol. The highest BCUT2D eigenvalue weighted by Gasteiger charge is 2.08. The highest BCUT2D eigenvalue weighted by molar-refractivity contribution is 5.31. The molecular weight excluding hydrogens is 276 g/mol. The minimum Gasteiger partial charge on any atom is -0.508 e. The molecule has 0 aromatic heterocycles. The van der Waals surface area contributed by atoms with E-state index >= 15 is 0 Å². The van der Waals surface area contributed by atoms with E-state index in [1.807, 2.05) is 52.2 Å². The van der Waals surface area contributed by atoms with Crippen molar-refractivity contribution in [1.29, 1.82) is 0 Å². The molecule has 0 aliphatic rings. The first-order valence-corrected chi connectivity index (χ1v) is 7.62. The van der Waals surface area contributed by atoms with Crippen molar-refractivity contribution in [3.05, 3.63) is 53.3 Å². The predicted octanol–water partition coefficient (Wildman–Crippen LogP) is 3.16. The number of hydrogen-bond donors (Lipinski definition) is 2. The highest BCUT2D eigenvalue weighted by Crippen LogP contribution is 2.17. The minimum atomic E-state index is 0.344. The number of phenols is 1. The van der Waals surface area contributed by atoms with Crippen LogP contribution in [0.3, 0.4) is 0 Å². The summed E-state index contributed by atoms with van der Waals surface area (Å²) in [6, 6.07) is 7.43. The van der Waals surface area contributed by atoms with E-state index in [1.54, 1.807) is 12.1 Å². The zero-order valence-electron chi connectivity index (χ0n) is 14.1. The van der Waals surface area contributed by atoms with Crippen LogP contribution in [0.15, 0.2) is 47.7 Å². The molecule has 0 aliphatic carbocycles. The summed E-state index contributed by atoms with van der Waals surface area (Å²) in [5.41, 5.74) is 1.88. The van der Waals surface area contributed by atoms with Crippen LogP contribution in [0.1, 0.15) is 19.4 Å². The van der Waals surface area contributed by atoms with Gasteiger partial charge in [0.05, 0.1) is 0 Å². The summed E-state index contributed by atoms with van der Waals surface area (Å²) in [6.07, 6.45) is 3.66. The fraction of sp³-hybridized carbons (Fsp3) is 0.444. The Morgan fingerprint density at radius 2 is 1.68 bits per heavy atom. The van der Waals surface area contributed by atoms with Crippen LogP contribution in [0, 0.1) is 0 Å². The second-order valence-electron chi connectivity index (χ2n) is 5.59. The standard InChI is InChI=1S/C18H28N2O2/c1-5-15(17(21)6-2)13-19(3)11-12-20(4)14-16-9-7-8-10-18(16)22/h5-10,21-22H,11-14H2,1-4H3/b15-5-,17-6+. The maximum atomic E-state index is 9.80. The lowest BCUT2D eigenvalue weighted by Gasteiger charge is -2.23. The van der Waals surface area contributed by atoms with Crippen molar-refractivity contribution in [3.63, 3.8) is 0 Å². The zero-order valence-corrected chi connectivity index (χ0v) is 14.1. The number of nitrogens with zero attached hydrogens (tertiary/aromatic N) is 2. The molecule has 0 saturated heterocycles. The van der Waals surface area contributed by atoms with Crippen molar-refractivity contribution in [1.82, 2.24) is 9.80 Å². The van der Waals surface area contributed by atoms with Crippen molar-refractivity contribution >= 4 is 0 Å². The molecule has 4 heteroatoms. The fourth-order valence-corrected chi connectivity index (χ4v) is 2.23. The van der Waals surface area contributed by atoms with Gasteiger partial charge in [0.1, 0.15) is 11.5 Å². The van der Waals surface area contributed by atoms with Crippen LogP contribution in [-0.2, 0) is 6.54 Å². The zero-order chi connectivity index (χ0) is 16.5. The Morgan fingerprint density at radius 1 is 1.05 bits per heavy atom. The minimum absolute atomic E-state index is 0.344. The fourth-order valence-electron chi connectivity index (χ4n) is 2.23. The first-order valence-electron chi connectivity index (χ1n) is 7.62. The van der Waals surface area contributed by atoms with Crippen LogP contribution < -0.4 is 0 Å². The number of para-hydroxylation sites is 1. The molecule has 1 aromatic rings. The molecule has 0 radical (unpaired) electrons. The summed E-state index contributed by atoms with van der Waals surface area (Å²) in [5, 5.41) is 19.6. The van der Waals surface area contributed by atoms with Crippen molar-refractivity contribution in [3.8, 4) is 5.75 Å². The number of likely N-dealkylation sites (N-methyl/N-ethyl adjacent to an activating group) is 2. The topological polar surface area (TPSA) is 46.9 Å². The molecule has 0 bridgehead atoms. The Hall–Kier alpha value is -1.78. The Morgan fingerprint density at radius 3 is 2.27 bits per heavy atom. The molecule has 0 fully saturated rings. The molecule has 0 spiro atoms. The second kappa shape index (κ2) is 9.28. The quantitative estimate of drug-likeness (QED) is 0.572. The number of aromatic hydroxyl groups is 1. The van der Waals surface area contributed by atoms with Gasteiger partial charge in [0, 0.05) is 37.3 Å². The maximum Gasteiger partial charge on any atom is 0.120 e. The molecule has 0 heterocycles. The molecule has 0 unspecified atom stereocenters. The lowest BCUT2D eigenvalue weighted by molar-refractivity contribution is 0.257. The number of allylic oxidation sites excluding steroid dienone is 2. The summed E-state index contributed by atoms with van der Waals surface area (Å²) < 4.78 is 0. The van der Waals surface area contributed by atoms with Gasteiger partial charge in [0.15, 0.2) is 0 Å². The third kappa shape index (κ3) is 5.92. The monoisotopic (exact) mass is 304 g/mol. The van der Waals surface area contributed by atoms with Gasteiger partial charge in [-0.3, -0.25) is 0 Å². The molecule has 22 heavy (non-hydrogen) atoms. The van der Waals surface area contributed by atoms with Gasteiger partial charge in [0.2, 0.25) is 0 Å². The van der Waals surface area contributed by atoms with Crippen LogP contribution >= 0.6 is 0 Å². The average Bonchev–Trinajstić information content (AvgIpc) is 2.52. The van der Waals surface area contributed by atoms with Gasteiger partial charge >= 0.3 is 0 Å². The second-order valence-corrected chi connectivity index (χ2v) is 5.59. The molecule has 0 amide bonds. The largest absolute Gasteiger partial charge is 0.508 e. The third-order valence-corrected chi connectivity index (χ3v) is 3.69. The molecule has 2 N–H and O–H groups in total. The van der Waals surface area contributed by atoms with Crippen LogP contribution in [0.2, 0.25) is 0 Å². The Balaban J connectivity index is 2.44. The normalized spacial score (nSPS) is 13.2. The Labute approximate surface area is 134 Å². The smallest absolute Gasteiger partial charge is 0.120 e. The van der Waals surface area contributed by atoms with Crippen molar-refractivity contribution in [2.75, 3.05) is 33.7 Å². The van der Waals surface area contributed by atoms with E-state index in [4.69, 9.17) is 0 Å². The summed E-state index contributed by atoms with van der Waals surface area (Å²) in [6.45, 7) is 6.98. The van der Waals surface area contributed by atoms with Crippen LogP contribution in [0.4, 0.5) is 0 Å². The van der Waals surface area contributed by atoms with E-state index in [0.29, 0.717) is 11.5 Å². The summed E-state index contributed by atoms with van der Waals surface area (Å²) in [5.74, 6) is 0.689. The van der Waals surface area contributed by atoms with Gasteiger partial charge in [-0.05, 0) is 40.1 Å². The van der Waals surface area contributed by atoms with Crippen molar-refractivity contribution < 1.29 is 10.2 Å². The van der Waals surface area contributed by atoms with Crippen molar-refractivity contribution in [2.45, 2.75) is 20.4 Å². The van der Waals surface area contributed by atoms with Gasteiger partial charge in [-0.2, -0.15) is 0 Å². The SMILES string of the molecule is C/C=C(CN(C)CCN(C)Cc1ccccc1O)\C(O)=C/C. The number of benzene rings is 1. The number of hydrogen-bond acceptors (Lipinski definition) is 4. The van der Waals surface area contributed by atoms with Crippen molar-refractivity contribution in [2.24, 2.45) is 0 Å². The van der Waals surface area contributed by atoms with E-state index in [2.05, 4.69) is 9.80 Å². The van der Waals surface area contributed by atoms with E-state index in [-0.39, 0.29) is 0 Å². The molecule has 4 nitrogen and oxygen atoms in total. The maximum absolute atomic E-state index is 9.80. The lowest BCUT2D eigenvalue weighted by atomic mass is 10.2. The molecule has 0 saturated carbocycles. The van der Waals surface area contributed by atoms with Crippen LogP contribution in [0.25, 0.3) is 0 Å². The van der Waals surface area contributed by atoms with E-state index < -0.39 is 0 Å². The highest BCUT2D eigenvalue weighted by atomic mass is 16.3. The molecule has 1 aromatic carbocycles. The lowest BCUT2D eigenvalue weighted by Crippen LogP contribution is -2.32. The number of aliphatic hydroxyl groups excluding tert-OH is 1. The third-order valence-electron chi connectivity index (χ3n) is 3.69. The van der Waals surface area contributed by atoms with E-state index in [9.17, 15) is 10.2 Å². The van der Waals surface area contributed by atoms with Gasteiger partial charge in [-0.1, -0.05) is 24.3 Å². The Kier molecular flexibility index (Phi) is 7.71. The predicted molar refractivity (Wildman–Crippen MR) is 92.1 cm³/mol. The Bertz CT molecular complexity index is 524. The molecular formula is C18H28N2O2. The first-order chi connectivity index (χ1) is 10.5. The summed E-state index contributed by atoms with van der Waals surface area (Å²) >= 11 is 0. The van der Waals surface area contributed by atoms with Crippen LogP contribution in [0.5, 0.6) is 5.75 Å².